The summed E-state index contributed by atoms with van der Waals surface area (Å²) in [4.78, 5) is 12.0. The van der Waals surface area contributed by atoms with E-state index in [9.17, 15) is 13.2 Å². The minimum Gasteiger partial charge on any atom is -0.383 e. The molecular formula is C12H20BrN3O3S. The first kappa shape index (κ1) is 17.2. The molecule has 114 valence electrons. The second kappa shape index (κ2) is 7.21. The van der Waals surface area contributed by atoms with Gasteiger partial charge in [0.1, 0.15) is 14.3 Å². The summed E-state index contributed by atoms with van der Waals surface area (Å²) >= 11 is 3.26. The number of nitrogens with zero attached hydrogens (tertiary/aromatic N) is 2. The fraction of sp³-hybridized carbons (Fsp3) is 0.667. The number of hydrogen-bond acceptors (Lipinski definition) is 5. The highest BCUT2D eigenvalue weighted by Crippen LogP contribution is 2.16. The molecule has 0 atom stereocenters. The lowest BCUT2D eigenvalue weighted by molar-refractivity contribution is 0.462. The van der Waals surface area contributed by atoms with Crippen LogP contribution >= 0.6 is 15.9 Å². The Morgan fingerprint density at radius 1 is 1.45 bits per heavy atom. The minimum absolute atomic E-state index is 0.120. The molecule has 0 radical (unpaired) electrons. The lowest BCUT2D eigenvalue weighted by Gasteiger charge is -2.11. The number of aromatic nitrogens is 2. The molecule has 0 amide bonds. The van der Waals surface area contributed by atoms with Gasteiger partial charge in [-0.25, -0.2) is 13.1 Å². The highest BCUT2D eigenvalue weighted by Gasteiger charge is 2.10. The normalized spacial score (nSPS) is 11.8. The monoisotopic (exact) mass is 365 g/mol. The molecule has 1 heterocycles. The zero-order chi connectivity index (χ0) is 15.3. The summed E-state index contributed by atoms with van der Waals surface area (Å²) in [6, 6.07) is 0. The van der Waals surface area contributed by atoms with Crippen molar-refractivity contribution in [2.45, 2.75) is 26.8 Å². The first-order valence-electron chi connectivity index (χ1n) is 6.38. The quantitative estimate of drug-likeness (QED) is 0.740. The zero-order valence-corrected chi connectivity index (χ0v) is 14.3. The number of nitrogens with one attached hydrogen (secondary N) is 1. The maximum atomic E-state index is 12.0. The summed E-state index contributed by atoms with van der Waals surface area (Å²) in [6.45, 7) is 5.06. The molecule has 0 aliphatic carbocycles. The molecule has 1 aromatic rings. The van der Waals surface area contributed by atoms with E-state index in [2.05, 4.69) is 26.3 Å². The van der Waals surface area contributed by atoms with Crippen molar-refractivity contribution >= 4 is 31.5 Å². The summed E-state index contributed by atoms with van der Waals surface area (Å²) < 4.78 is 23.9. The Morgan fingerprint density at radius 3 is 2.65 bits per heavy atom. The standard InChI is InChI=1S/C12H20BrN3O3S/c1-9(2)8-16-12(17)11(13)10(7-15-16)14-5-4-6-20(3,18)19/h7,9,14H,4-6,8H2,1-3H3. The number of rotatable bonds is 7. The Balaban J connectivity index is 2.69. The molecule has 0 unspecified atom stereocenters. The third kappa shape index (κ3) is 5.62. The predicted molar refractivity (Wildman–Crippen MR) is 83.9 cm³/mol. The maximum Gasteiger partial charge on any atom is 0.283 e. The van der Waals surface area contributed by atoms with Gasteiger partial charge >= 0.3 is 0 Å². The molecule has 0 bridgehead atoms. The largest absolute Gasteiger partial charge is 0.383 e. The first-order chi connectivity index (χ1) is 9.20. The van der Waals surface area contributed by atoms with E-state index in [0.717, 1.165) is 0 Å². The van der Waals surface area contributed by atoms with Crippen molar-refractivity contribution in [3.8, 4) is 0 Å². The molecular weight excluding hydrogens is 346 g/mol. The van der Waals surface area contributed by atoms with Crippen molar-refractivity contribution in [2.75, 3.05) is 23.9 Å². The van der Waals surface area contributed by atoms with Gasteiger partial charge in [-0.2, -0.15) is 5.10 Å². The van der Waals surface area contributed by atoms with Gasteiger partial charge in [-0.05, 0) is 28.3 Å². The van der Waals surface area contributed by atoms with Gasteiger partial charge in [0.25, 0.3) is 5.56 Å². The van der Waals surface area contributed by atoms with Gasteiger partial charge in [0.2, 0.25) is 0 Å². The SMILES string of the molecule is CC(C)Cn1ncc(NCCCS(C)(=O)=O)c(Br)c1=O. The molecule has 0 aromatic carbocycles. The molecule has 1 rings (SSSR count). The summed E-state index contributed by atoms with van der Waals surface area (Å²) in [7, 11) is -2.95. The highest BCUT2D eigenvalue weighted by atomic mass is 79.9. The van der Waals surface area contributed by atoms with E-state index < -0.39 is 9.84 Å². The van der Waals surface area contributed by atoms with E-state index in [1.165, 1.54) is 10.9 Å². The van der Waals surface area contributed by atoms with Crippen LogP contribution in [0.1, 0.15) is 20.3 Å². The lowest BCUT2D eigenvalue weighted by atomic mass is 10.2. The van der Waals surface area contributed by atoms with Crippen molar-refractivity contribution in [1.29, 1.82) is 0 Å². The van der Waals surface area contributed by atoms with Crippen LogP contribution in [-0.2, 0) is 16.4 Å². The van der Waals surface area contributed by atoms with Gasteiger partial charge in [0.15, 0.2) is 0 Å². The van der Waals surface area contributed by atoms with Crippen LogP contribution in [0.3, 0.4) is 0 Å². The first-order valence-corrected chi connectivity index (χ1v) is 9.23. The van der Waals surface area contributed by atoms with Crippen LogP contribution in [0.2, 0.25) is 0 Å². The highest BCUT2D eigenvalue weighted by molar-refractivity contribution is 9.10. The Morgan fingerprint density at radius 2 is 2.10 bits per heavy atom. The summed E-state index contributed by atoms with van der Waals surface area (Å²) in [5.41, 5.74) is 0.398. The van der Waals surface area contributed by atoms with Gasteiger partial charge in [-0.3, -0.25) is 4.79 Å². The Hall–Kier alpha value is -0.890. The van der Waals surface area contributed by atoms with Crippen LogP contribution < -0.4 is 10.9 Å². The van der Waals surface area contributed by atoms with Crippen molar-refractivity contribution in [3.05, 3.63) is 21.0 Å². The Kier molecular flexibility index (Phi) is 6.19. The fourth-order valence-electron chi connectivity index (χ4n) is 1.62. The molecule has 6 nitrogen and oxygen atoms in total. The maximum absolute atomic E-state index is 12.0. The van der Waals surface area contributed by atoms with E-state index in [1.807, 2.05) is 13.8 Å². The molecule has 0 spiro atoms. The molecule has 0 aliphatic rings. The van der Waals surface area contributed by atoms with Gasteiger partial charge in [-0.15, -0.1) is 0 Å². The van der Waals surface area contributed by atoms with E-state index in [1.54, 1.807) is 6.20 Å². The van der Waals surface area contributed by atoms with Crippen LogP contribution in [0, 0.1) is 5.92 Å². The number of halogens is 1. The molecule has 0 saturated carbocycles. The van der Waals surface area contributed by atoms with Crippen LogP contribution in [0.25, 0.3) is 0 Å². The minimum atomic E-state index is -2.95. The average molecular weight is 366 g/mol. The Bertz CT molecular complexity index is 611. The van der Waals surface area contributed by atoms with Crippen molar-refractivity contribution < 1.29 is 8.42 Å². The summed E-state index contributed by atoms with van der Waals surface area (Å²) in [5.74, 6) is 0.454. The van der Waals surface area contributed by atoms with E-state index >= 15 is 0 Å². The summed E-state index contributed by atoms with van der Waals surface area (Å²) in [6.07, 6.45) is 3.27. The molecule has 0 aliphatic heterocycles. The van der Waals surface area contributed by atoms with E-state index in [-0.39, 0.29) is 11.3 Å². The predicted octanol–water partition coefficient (Wildman–Crippen LogP) is 1.51. The van der Waals surface area contributed by atoms with Crippen LogP contribution in [0.4, 0.5) is 5.69 Å². The lowest BCUT2D eigenvalue weighted by Crippen LogP contribution is -2.26. The van der Waals surface area contributed by atoms with Gasteiger partial charge in [-0.1, -0.05) is 13.8 Å². The second-order valence-corrected chi connectivity index (χ2v) is 8.22. The molecule has 0 fully saturated rings. The van der Waals surface area contributed by atoms with Crippen molar-refractivity contribution in [1.82, 2.24) is 9.78 Å². The van der Waals surface area contributed by atoms with E-state index in [4.69, 9.17) is 0 Å². The van der Waals surface area contributed by atoms with Gasteiger partial charge in [0, 0.05) is 19.3 Å². The van der Waals surface area contributed by atoms with Gasteiger partial charge < -0.3 is 5.32 Å². The van der Waals surface area contributed by atoms with Gasteiger partial charge in [0.05, 0.1) is 17.6 Å². The zero-order valence-electron chi connectivity index (χ0n) is 11.9. The number of anilines is 1. The Labute approximate surface area is 127 Å². The average Bonchev–Trinajstić information content (AvgIpc) is 2.31. The van der Waals surface area contributed by atoms with E-state index in [0.29, 0.717) is 35.6 Å². The molecule has 8 heteroatoms. The fourth-order valence-corrected chi connectivity index (χ4v) is 2.74. The molecule has 20 heavy (non-hydrogen) atoms. The summed E-state index contributed by atoms with van der Waals surface area (Å²) in [5, 5.41) is 7.12. The third-order valence-corrected chi connectivity index (χ3v) is 4.33. The molecule has 1 N–H and O–H groups in total. The van der Waals surface area contributed by atoms with Crippen LogP contribution in [0.5, 0.6) is 0 Å². The third-order valence-electron chi connectivity index (χ3n) is 2.53. The molecule has 0 saturated heterocycles. The number of sulfone groups is 1. The topological polar surface area (TPSA) is 81.1 Å². The van der Waals surface area contributed by atoms with Crippen molar-refractivity contribution in [3.63, 3.8) is 0 Å². The van der Waals surface area contributed by atoms with Crippen molar-refractivity contribution in [2.24, 2.45) is 5.92 Å². The molecule has 1 aromatic heterocycles. The second-order valence-electron chi connectivity index (χ2n) is 5.16. The smallest absolute Gasteiger partial charge is 0.283 e. The van der Waals surface area contributed by atoms with Crippen LogP contribution in [-0.4, -0.2) is 36.8 Å². The number of hydrogen-bond donors (Lipinski definition) is 1. The van der Waals surface area contributed by atoms with Crippen LogP contribution in [0.15, 0.2) is 15.5 Å².